The second-order valence-corrected chi connectivity index (χ2v) is 9.94. The SMILES string of the molecule is CCc1cccc(CN(CC(O)C(N)Cc2cc(F)cc(F)c2)C(=O)CCCC(=O)NCCc2ccccn2)c1. The van der Waals surface area contributed by atoms with Crippen LogP contribution in [0.15, 0.2) is 66.9 Å². The molecule has 0 aliphatic rings. The number of aliphatic hydroxyl groups excluding tert-OH is 1. The first-order chi connectivity index (χ1) is 19.2. The number of carbonyl (C=O) groups is 2. The predicted molar refractivity (Wildman–Crippen MR) is 150 cm³/mol. The molecule has 0 aliphatic heterocycles. The number of rotatable bonds is 15. The average molecular weight is 553 g/mol. The Morgan fingerprint density at radius 3 is 2.45 bits per heavy atom. The highest BCUT2D eigenvalue weighted by Crippen LogP contribution is 2.15. The highest BCUT2D eigenvalue weighted by Gasteiger charge is 2.23. The van der Waals surface area contributed by atoms with Crippen LogP contribution in [0.5, 0.6) is 0 Å². The van der Waals surface area contributed by atoms with E-state index in [1.165, 1.54) is 17.0 Å². The van der Waals surface area contributed by atoms with Crippen molar-refractivity contribution in [3.05, 3.63) is 101 Å². The Labute approximate surface area is 234 Å². The summed E-state index contributed by atoms with van der Waals surface area (Å²) in [5, 5.41) is 13.7. The largest absolute Gasteiger partial charge is 0.390 e. The van der Waals surface area contributed by atoms with Gasteiger partial charge in [-0.3, -0.25) is 14.6 Å². The molecule has 7 nitrogen and oxygen atoms in total. The Balaban J connectivity index is 1.56. The summed E-state index contributed by atoms with van der Waals surface area (Å²) >= 11 is 0. The zero-order valence-corrected chi connectivity index (χ0v) is 22.9. The normalized spacial score (nSPS) is 12.5. The average Bonchev–Trinajstić information content (AvgIpc) is 2.92. The molecule has 0 bridgehead atoms. The smallest absolute Gasteiger partial charge is 0.222 e. The van der Waals surface area contributed by atoms with Crippen molar-refractivity contribution in [3.63, 3.8) is 0 Å². The number of benzene rings is 2. The molecule has 2 amide bonds. The molecule has 2 atom stereocenters. The third-order valence-corrected chi connectivity index (χ3v) is 6.65. The third-order valence-electron chi connectivity index (χ3n) is 6.65. The molecule has 0 radical (unpaired) electrons. The van der Waals surface area contributed by atoms with Crippen LogP contribution in [0.3, 0.4) is 0 Å². The summed E-state index contributed by atoms with van der Waals surface area (Å²) in [7, 11) is 0. The Kier molecular flexibility index (Phi) is 12.2. The van der Waals surface area contributed by atoms with Crippen LogP contribution in [0.4, 0.5) is 8.78 Å². The lowest BCUT2D eigenvalue weighted by atomic mass is 10.0. The van der Waals surface area contributed by atoms with Gasteiger partial charge in [-0.15, -0.1) is 0 Å². The Morgan fingerprint density at radius 2 is 1.75 bits per heavy atom. The summed E-state index contributed by atoms with van der Waals surface area (Å²) < 4.78 is 27.2. The van der Waals surface area contributed by atoms with Crippen molar-refractivity contribution in [1.29, 1.82) is 0 Å². The minimum Gasteiger partial charge on any atom is -0.390 e. The highest BCUT2D eigenvalue weighted by molar-refractivity contribution is 5.79. The molecule has 0 saturated heterocycles. The number of amides is 2. The maximum absolute atomic E-state index is 13.6. The quantitative estimate of drug-likeness (QED) is 0.266. The molecule has 0 saturated carbocycles. The predicted octanol–water partition coefficient (Wildman–Crippen LogP) is 3.71. The maximum atomic E-state index is 13.6. The molecule has 40 heavy (non-hydrogen) atoms. The lowest BCUT2D eigenvalue weighted by molar-refractivity contribution is -0.133. The van der Waals surface area contributed by atoms with E-state index in [1.54, 1.807) is 6.20 Å². The van der Waals surface area contributed by atoms with Crippen LogP contribution >= 0.6 is 0 Å². The Hall–Kier alpha value is -3.69. The second-order valence-electron chi connectivity index (χ2n) is 9.94. The minimum atomic E-state index is -1.13. The highest BCUT2D eigenvalue weighted by atomic mass is 19.1. The second kappa shape index (κ2) is 15.8. The van der Waals surface area contributed by atoms with E-state index < -0.39 is 23.8 Å². The van der Waals surface area contributed by atoms with E-state index in [0.717, 1.165) is 29.3 Å². The van der Waals surface area contributed by atoms with Crippen molar-refractivity contribution >= 4 is 11.8 Å². The molecule has 214 valence electrons. The molecule has 4 N–H and O–H groups in total. The topological polar surface area (TPSA) is 109 Å². The van der Waals surface area contributed by atoms with E-state index in [4.69, 9.17) is 5.73 Å². The van der Waals surface area contributed by atoms with Crippen LogP contribution in [0.2, 0.25) is 0 Å². The fourth-order valence-electron chi connectivity index (χ4n) is 4.44. The van der Waals surface area contributed by atoms with Gasteiger partial charge in [0.2, 0.25) is 11.8 Å². The zero-order valence-electron chi connectivity index (χ0n) is 22.9. The number of hydrogen-bond acceptors (Lipinski definition) is 5. The van der Waals surface area contributed by atoms with Gasteiger partial charge < -0.3 is 21.1 Å². The van der Waals surface area contributed by atoms with Gasteiger partial charge in [0.05, 0.1) is 6.10 Å². The number of hydrogen-bond donors (Lipinski definition) is 3. The van der Waals surface area contributed by atoms with Crippen LogP contribution in [0.1, 0.15) is 48.6 Å². The molecule has 2 aromatic carbocycles. The zero-order chi connectivity index (χ0) is 28.9. The number of pyridine rings is 1. The fraction of sp³-hybridized carbons (Fsp3) is 0.387. The molecular formula is C31H38F2N4O3. The Bertz CT molecular complexity index is 1220. The molecule has 9 heteroatoms. The lowest BCUT2D eigenvalue weighted by Gasteiger charge is -2.28. The van der Waals surface area contributed by atoms with Crippen molar-refractivity contribution in [2.24, 2.45) is 5.73 Å². The van der Waals surface area contributed by atoms with Crippen LogP contribution in [-0.2, 0) is 35.4 Å². The molecule has 3 rings (SSSR count). The molecule has 0 aliphatic carbocycles. The number of halogens is 2. The summed E-state index contributed by atoms with van der Waals surface area (Å²) in [5.74, 6) is -1.79. The third kappa shape index (κ3) is 10.5. The van der Waals surface area contributed by atoms with Gasteiger partial charge in [-0.25, -0.2) is 8.78 Å². The summed E-state index contributed by atoms with van der Waals surface area (Å²) in [6.45, 7) is 2.72. The Morgan fingerprint density at radius 1 is 1.00 bits per heavy atom. The molecule has 3 aromatic rings. The van der Waals surface area contributed by atoms with E-state index >= 15 is 0 Å². The van der Waals surface area contributed by atoms with E-state index in [9.17, 15) is 23.5 Å². The minimum absolute atomic E-state index is 0.0435. The first-order valence-electron chi connectivity index (χ1n) is 13.6. The van der Waals surface area contributed by atoms with Crippen LogP contribution in [-0.4, -0.2) is 52.0 Å². The lowest BCUT2D eigenvalue weighted by Crippen LogP contribution is -2.46. The van der Waals surface area contributed by atoms with E-state index in [-0.39, 0.29) is 44.2 Å². The van der Waals surface area contributed by atoms with Crippen molar-refractivity contribution in [3.8, 4) is 0 Å². The van der Waals surface area contributed by atoms with Gasteiger partial charge >= 0.3 is 0 Å². The van der Waals surface area contributed by atoms with Crippen molar-refractivity contribution in [1.82, 2.24) is 15.2 Å². The molecule has 2 unspecified atom stereocenters. The number of aryl methyl sites for hydroxylation is 1. The molecular weight excluding hydrogens is 514 g/mol. The van der Waals surface area contributed by atoms with Gasteiger partial charge in [-0.05, 0) is 60.2 Å². The van der Waals surface area contributed by atoms with Crippen LogP contribution in [0.25, 0.3) is 0 Å². The van der Waals surface area contributed by atoms with E-state index in [0.29, 0.717) is 24.9 Å². The van der Waals surface area contributed by atoms with Crippen molar-refractivity contribution in [2.45, 2.75) is 64.1 Å². The molecule has 1 aromatic heterocycles. The van der Waals surface area contributed by atoms with Gasteiger partial charge in [0.25, 0.3) is 0 Å². The standard InChI is InChI=1S/C31H38F2N4O3/c1-2-22-7-5-8-23(15-22)20-37(21-29(38)28(34)18-24-16-25(32)19-26(33)17-24)31(40)11-6-10-30(39)36-14-12-27-9-3-4-13-35-27/h3-5,7-9,13,15-17,19,28-29,38H,2,6,10-12,14,18,20-21,34H2,1H3,(H,36,39). The van der Waals surface area contributed by atoms with Gasteiger partial charge in [-0.1, -0.05) is 37.3 Å². The van der Waals surface area contributed by atoms with Crippen molar-refractivity contribution in [2.75, 3.05) is 13.1 Å². The maximum Gasteiger partial charge on any atom is 0.222 e. The van der Waals surface area contributed by atoms with Gasteiger partial charge in [-0.2, -0.15) is 0 Å². The summed E-state index contributed by atoms with van der Waals surface area (Å²) in [6, 6.07) is 15.8. The number of aliphatic hydroxyl groups is 1. The molecule has 0 fully saturated rings. The summed E-state index contributed by atoms with van der Waals surface area (Å²) in [5.41, 5.74) is 9.42. The van der Waals surface area contributed by atoms with Gasteiger partial charge in [0.15, 0.2) is 0 Å². The monoisotopic (exact) mass is 552 g/mol. The number of nitrogens with two attached hydrogens (primary N) is 1. The van der Waals surface area contributed by atoms with Crippen molar-refractivity contribution < 1.29 is 23.5 Å². The number of nitrogens with one attached hydrogen (secondary N) is 1. The first-order valence-corrected chi connectivity index (χ1v) is 13.6. The first kappa shape index (κ1) is 30.8. The fourth-order valence-corrected chi connectivity index (χ4v) is 4.44. The van der Waals surface area contributed by atoms with Gasteiger partial charge in [0.1, 0.15) is 11.6 Å². The summed E-state index contributed by atoms with van der Waals surface area (Å²) in [6.07, 6.45) is 2.76. The number of aromatic nitrogens is 1. The number of nitrogens with zero attached hydrogens (tertiary/aromatic N) is 2. The van der Waals surface area contributed by atoms with E-state index in [1.807, 2.05) is 49.4 Å². The van der Waals surface area contributed by atoms with Crippen LogP contribution < -0.4 is 11.1 Å². The molecule has 0 spiro atoms. The number of carbonyl (C=O) groups excluding carboxylic acids is 2. The van der Waals surface area contributed by atoms with Gasteiger partial charge in [0, 0.05) is 62.9 Å². The van der Waals surface area contributed by atoms with E-state index in [2.05, 4.69) is 10.3 Å². The molecule has 1 heterocycles. The van der Waals surface area contributed by atoms with Crippen LogP contribution in [0, 0.1) is 11.6 Å². The summed E-state index contributed by atoms with van der Waals surface area (Å²) in [4.78, 5) is 31.3.